The van der Waals surface area contributed by atoms with Gasteiger partial charge >= 0.3 is 6.18 Å². The molecule has 13 heavy (non-hydrogen) atoms. The summed E-state index contributed by atoms with van der Waals surface area (Å²) < 4.78 is 37.5. The Morgan fingerprint density at radius 1 is 1.31 bits per heavy atom. The first-order valence-electron chi connectivity index (χ1n) is 3.44. The van der Waals surface area contributed by atoms with Crippen LogP contribution in [-0.4, -0.2) is 14.6 Å². The lowest BCUT2D eigenvalue weighted by Crippen LogP contribution is -2.05. The second-order valence-corrected chi connectivity index (χ2v) is 2.48. The summed E-state index contributed by atoms with van der Waals surface area (Å²) in [5, 5.41) is 3.31. The van der Waals surface area contributed by atoms with E-state index in [-0.39, 0.29) is 0 Å². The number of halogens is 3. The van der Waals surface area contributed by atoms with Crippen molar-refractivity contribution in [2.75, 3.05) is 0 Å². The highest BCUT2D eigenvalue weighted by molar-refractivity contribution is 5.46. The van der Waals surface area contributed by atoms with Crippen LogP contribution in [0, 0.1) is 0 Å². The number of hydrogen-bond acceptors (Lipinski definition) is 2. The average Bonchev–Trinajstić information content (AvgIpc) is 2.45. The SMILES string of the molecule is FC(F)(F)c1cc2ccncn2n1. The van der Waals surface area contributed by atoms with Gasteiger partial charge in [-0.15, -0.1) is 0 Å². The van der Waals surface area contributed by atoms with E-state index in [9.17, 15) is 13.2 Å². The van der Waals surface area contributed by atoms with Crippen molar-refractivity contribution in [2.24, 2.45) is 0 Å². The topological polar surface area (TPSA) is 30.2 Å². The lowest BCUT2D eigenvalue weighted by molar-refractivity contribution is -0.141. The van der Waals surface area contributed by atoms with Gasteiger partial charge in [-0.25, -0.2) is 9.50 Å². The number of alkyl halides is 3. The Bertz CT molecular complexity index is 399. The van der Waals surface area contributed by atoms with Crippen LogP contribution < -0.4 is 0 Å². The summed E-state index contributed by atoms with van der Waals surface area (Å²) in [6, 6.07) is 2.43. The van der Waals surface area contributed by atoms with Crippen LogP contribution in [0.5, 0.6) is 0 Å². The van der Waals surface area contributed by atoms with Crippen LogP contribution in [-0.2, 0) is 6.18 Å². The molecule has 2 aromatic rings. The van der Waals surface area contributed by atoms with Crippen molar-refractivity contribution in [3.05, 3.63) is 30.4 Å². The third-order valence-corrected chi connectivity index (χ3v) is 1.56. The molecule has 3 nitrogen and oxygen atoms in total. The first-order valence-corrected chi connectivity index (χ1v) is 3.44. The first-order chi connectivity index (χ1) is 6.07. The Morgan fingerprint density at radius 3 is 2.69 bits per heavy atom. The molecule has 2 heterocycles. The van der Waals surface area contributed by atoms with Gasteiger partial charge < -0.3 is 0 Å². The molecule has 2 rings (SSSR count). The van der Waals surface area contributed by atoms with Crippen molar-refractivity contribution in [2.45, 2.75) is 6.18 Å². The van der Waals surface area contributed by atoms with Crippen molar-refractivity contribution in [1.82, 2.24) is 14.6 Å². The minimum Gasteiger partial charge on any atom is -0.245 e. The van der Waals surface area contributed by atoms with Crippen LogP contribution in [0.25, 0.3) is 5.52 Å². The summed E-state index contributed by atoms with van der Waals surface area (Å²) in [4.78, 5) is 3.64. The summed E-state index contributed by atoms with van der Waals surface area (Å²) in [5.41, 5.74) is -0.525. The van der Waals surface area contributed by atoms with E-state index in [4.69, 9.17) is 0 Å². The predicted molar refractivity (Wildman–Crippen MR) is 38.0 cm³/mol. The third-order valence-electron chi connectivity index (χ3n) is 1.56. The lowest BCUT2D eigenvalue weighted by Gasteiger charge is -1.98. The van der Waals surface area contributed by atoms with E-state index in [0.29, 0.717) is 5.52 Å². The van der Waals surface area contributed by atoms with Crippen LogP contribution >= 0.6 is 0 Å². The minimum atomic E-state index is -4.40. The van der Waals surface area contributed by atoms with E-state index < -0.39 is 11.9 Å². The van der Waals surface area contributed by atoms with Gasteiger partial charge in [-0.3, -0.25) is 0 Å². The van der Waals surface area contributed by atoms with Crippen molar-refractivity contribution >= 4 is 5.52 Å². The van der Waals surface area contributed by atoms with Crippen molar-refractivity contribution < 1.29 is 13.2 Å². The molecule has 0 unspecified atom stereocenters. The van der Waals surface area contributed by atoms with E-state index in [1.165, 1.54) is 18.6 Å². The Hall–Kier alpha value is -1.59. The molecule has 2 aromatic heterocycles. The van der Waals surface area contributed by atoms with Gasteiger partial charge in [0.25, 0.3) is 0 Å². The molecule has 0 saturated carbocycles. The fourth-order valence-corrected chi connectivity index (χ4v) is 0.985. The van der Waals surface area contributed by atoms with Crippen LogP contribution in [0.15, 0.2) is 24.7 Å². The number of hydrogen-bond donors (Lipinski definition) is 0. The van der Waals surface area contributed by atoms with E-state index in [0.717, 1.165) is 10.6 Å². The molecule has 0 spiro atoms. The van der Waals surface area contributed by atoms with E-state index in [1.807, 2.05) is 0 Å². The van der Waals surface area contributed by atoms with Gasteiger partial charge in [-0.1, -0.05) is 0 Å². The smallest absolute Gasteiger partial charge is 0.245 e. The monoisotopic (exact) mass is 187 g/mol. The number of aromatic nitrogens is 3. The molecule has 0 saturated heterocycles. The second kappa shape index (κ2) is 2.45. The fraction of sp³-hybridized carbons (Fsp3) is 0.143. The summed E-state index contributed by atoms with van der Waals surface area (Å²) in [6.45, 7) is 0. The molecular formula is C7H4F3N3. The summed E-state index contributed by atoms with van der Waals surface area (Å²) >= 11 is 0. The first kappa shape index (κ1) is 8.03. The summed E-state index contributed by atoms with van der Waals surface area (Å²) in [7, 11) is 0. The number of nitrogens with zero attached hydrogens (tertiary/aromatic N) is 3. The normalized spacial score (nSPS) is 12.2. The van der Waals surface area contributed by atoms with E-state index >= 15 is 0 Å². The van der Waals surface area contributed by atoms with Crippen LogP contribution in [0.3, 0.4) is 0 Å². The van der Waals surface area contributed by atoms with Crippen LogP contribution in [0.2, 0.25) is 0 Å². The molecule has 0 fully saturated rings. The molecule has 0 bridgehead atoms. The molecule has 0 aromatic carbocycles. The number of rotatable bonds is 0. The van der Waals surface area contributed by atoms with Crippen LogP contribution in [0.4, 0.5) is 13.2 Å². The molecule has 0 atom stereocenters. The molecule has 0 aliphatic rings. The van der Waals surface area contributed by atoms with Gasteiger partial charge in [0.15, 0.2) is 5.69 Å². The molecule has 0 aliphatic carbocycles. The molecule has 68 valence electrons. The van der Waals surface area contributed by atoms with Crippen molar-refractivity contribution in [3.63, 3.8) is 0 Å². The Labute approximate surface area is 70.8 Å². The Balaban J connectivity index is 2.63. The standard InChI is InChI=1S/C7H4F3N3/c8-7(9,10)6-3-5-1-2-11-4-13(5)12-6/h1-4H. The largest absolute Gasteiger partial charge is 0.435 e. The zero-order valence-corrected chi connectivity index (χ0v) is 6.28. The van der Waals surface area contributed by atoms with Gasteiger partial charge in [0.1, 0.15) is 6.33 Å². The van der Waals surface area contributed by atoms with Crippen LogP contribution in [0.1, 0.15) is 5.69 Å². The maximum Gasteiger partial charge on any atom is 0.435 e. The predicted octanol–water partition coefficient (Wildman–Crippen LogP) is 1.75. The quantitative estimate of drug-likeness (QED) is 0.628. The zero-order chi connectivity index (χ0) is 9.47. The minimum absolute atomic E-state index is 0.377. The second-order valence-electron chi connectivity index (χ2n) is 2.48. The zero-order valence-electron chi connectivity index (χ0n) is 6.28. The van der Waals surface area contributed by atoms with Gasteiger partial charge in [0.05, 0.1) is 5.52 Å². The Kier molecular flexibility index (Phi) is 1.51. The molecule has 0 radical (unpaired) electrons. The van der Waals surface area contributed by atoms with E-state index in [2.05, 4.69) is 10.1 Å². The molecular weight excluding hydrogens is 183 g/mol. The maximum absolute atomic E-state index is 12.1. The number of fused-ring (bicyclic) bond motifs is 1. The third kappa shape index (κ3) is 1.34. The van der Waals surface area contributed by atoms with E-state index in [1.54, 1.807) is 0 Å². The molecule has 0 amide bonds. The molecule has 0 N–H and O–H groups in total. The fourth-order valence-electron chi connectivity index (χ4n) is 0.985. The highest BCUT2D eigenvalue weighted by Gasteiger charge is 2.33. The maximum atomic E-state index is 12.1. The highest BCUT2D eigenvalue weighted by Crippen LogP contribution is 2.28. The van der Waals surface area contributed by atoms with Gasteiger partial charge in [0.2, 0.25) is 0 Å². The van der Waals surface area contributed by atoms with Gasteiger partial charge in [-0.2, -0.15) is 18.3 Å². The summed E-state index contributed by atoms with van der Waals surface area (Å²) in [6.07, 6.45) is -1.76. The lowest BCUT2D eigenvalue weighted by atomic mass is 10.4. The van der Waals surface area contributed by atoms with Crippen molar-refractivity contribution in [3.8, 4) is 0 Å². The van der Waals surface area contributed by atoms with Gasteiger partial charge in [-0.05, 0) is 12.1 Å². The Morgan fingerprint density at radius 2 is 2.08 bits per heavy atom. The molecule has 6 heteroatoms. The summed E-state index contributed by atoms with van der Waals surface area (Å²) in [5.74, 6) is 0. The molecule has 0 aliphatic heterocycles. The highest BCUT2D eigenvalue weighted by atomic mass is 19.4. The average molecular weight is 187 g/mol. The van der Waals surface area contributed by atoms with Crippen molar-refractivity contribution in [1.29, 1.82) is 0 Å². The van der Waals surface area contributed by atoms with Gasteiger partial charge in [0, 0.05) is 6.20 Å².